The summed E-state index contributed by atoms with van der Waals surface area (Å²) in [6.45, 7) is 0. The fourth-order valence-electron chi connectivity index (χ4n) is 2.16. The molecule has 2 atom stereocenters. The zero-order valence-corrected chi connectivity index (χ0v) is 16.9. The number of hydrogen-bond donors (Lipinski definition) is 2. The van der Waals surface area contributed by atoms with Gasteiger partial charge < -0.3 is 10.2 Å². The molecule has 1 aromatic carbocycles. The standard InChI is InChI=1S/C15H11F13O2.Eu/c16-10(17,9(30)6-8(29)7-4-2-1-3-5-7)11(18,19)12(20,21)13(22,23)14(24,25)15(26,27)28;/h1-5,8-9,29-30H,6H2;. The molecule has 0 saturated heterocycles. The minimum absolute atomic E-state index is 0. The maximum absolute atomic E-state index is 13.7. The van der Waals surface area contributed by atoms with E-state index in [1.807, 2.05) is 0 Å². The van der Waals surface area contributed by atoms with Crippen LogP contribution in [0.1, 0.15) is 18.1 Å². The van der Waals surface area contributed by atoms with Crippen molar-refractivity contribution >= 4 is 0 Å². The van der Waals surface area contributed by atoms with Crippen LogP contribution in [0.15, 0.2) is 30.3 Å². The minimum atomic E-state index is -8.04. The van der Waals surface area contributed by atoms with Gasteiger partial charge >= 0.3 is 35.8 Å². The first-order valence-electron chi connectivity index (χ1n) is 7.53. The van der Waals surface area contributed by atoms with E-state index in [0.717, 1.165) is 12.1 Å². The molecule has 16 heteroatoms. The van der Waals surface area contributed by atoms with Crippen molar-refractivity contribution in [2.24, 2.45) is 0 Å². The third kappa shape index (κ3) is 5.17. The van der Waals surface area contributed by atoms with Crippen LogP contribution in [0, 0.1) is 49.4 Å². The molecule has 0 aliphatic carbocycles. The van der Waals surface area contributed by atoms with Gasteiger partial charge in [-0.15, -0.1) is 0 Å². The molecule has 0 aliphatic heterocycles. The molecule has 0 amide bonds. The summed E-state index contributed by atoms with van der Waals surface area (Å²) >= 11 is 0. The zero-order valence-electron chi connectivity index (χ0n) is 14.4. The van der Waals surface area contributed by atoms with E-state index in [0.29, 0.717) is 0 Å². The Morgan fingerprint density at radius 2 is 1.00 bits per heavy atom. The molecular weight excluding hydrogens is 611 g/mol. The largest absolute Gasteiger partial charge is 0.460 e. The van der Waals surface area contributed by atoms with Crippen molar-refractivity contribution in [3.05, 3.63) is 35.9 Å². The van der Waals surface area contributed by atoms with Crippen LogP contribution in [-0.4, -0.2) is 52.1 Å². The number of halogens is 13. The van der Waals surface area contributed by atoms with Gasteiger partial charge in [-0.3, -0.25) is 0 Å². The van der Waals surface area contributed by atoms with Gasteiger partial charge in [0.1, 0.15) is 6.10 Å². The molecule has 2 N–H and O–H groups in total. The Hall–Kier alpha value is -0.186. The molecule has 181 valence electrons. The second-order valence-corrected chi connectivity index (χ2v) is 6.10. The van der Waals surface area contributed by atoms with Crippen molar-refractivity contribution in [3.63, 3.8) is 0 Å². The number of aliphatic hydroxyl groups is 2. The van der Waals surface area contributed by atoms with Crippen LogP contribution in [0.4, 0.5) is 57.1 Å². The van der Waals surface area contributed by atoms with Crippen molar-refractivity contribution in [1.29, 1.82) is 0 Å². The van der Waals surface area contributed by atoms with Gasteiger partial charge in [-0.2, -0.15) is 57.1 Å². The molecule has 0 spiro atoms. The van der Waals surface area contributed by atoms with Crippen LogP contribution in [-0.2, 0) is 0 Å². The number of rotatable bonds is 8. The molecule has 1 aromatic rings. The van der Waals surface area contributed by atoms with Gasteiger partial charge in [0.2, 0.25) is 0 Å². The molecular formula is C15H11EuF13O2. The van der Waals surface area contributed by atoms with Gasteiger partial charge in [-0.05, 0) is 5.56 Å². The van der Waals surface area contributed by atoms with Gasteiger partial charge in [-0.1, -0.05) is 30.3 Å². The first kappa shape index (κ1) is 30.8. The van der Waals surface area contributed by atoms with Gasteiger partial charge in [0.25, 0.3) is 0 Å². The fraction of sp³-hybridized carbons (Fsp3) is 0.600. The van der Waals surface area contributed by atoms with Crippen molar-refractivity contribution in [1.82, 2.24) is 0 Å². The normalized spacial score (nSPS) is 16.5. The Bertz CT molecular complexity index is 721. The van der Waals surface area contributed by atoms with E-state index in [1.54, 1.807) is 0 Å². The second-order valence-electron chi connectivity index (χ2n) is 6.10. The third-order valence-electron chi connectivity index (χ3n) is 4.01. The smallest absolute Gasteiger partial charge is 0.388 e. The van der Waals surface area contributed by atoms with E-state index in [1.165, 1.54) is 18.2 Å². The average Bonchev–Trinajstić information content (AvgIpc) is 2.60. The summed E-state index contributed by atoms with van der Waals surface area (Å²) in [6.07, 6.45) is -15.7. The summed E-state index contributed by atoms with van der Waals surface area (Å²) in [5.41, 5.74) is -0.323. The van der Waals surface area contributed by atoms with Crippen LogP contribution in [0.2, 0.25) is 0 Å². The minimum Gasteiger partial charge on any atom is -0.388 e. The van der Waals surface area contributed by atoms with Crippen LogP contribution < -0.4 is 0 Å². The molecule has 0 aliphatic rings. The summed E-state index contributed by atoms with van der Waals surface area (Å²) < 4.78 is 169. The predicted octanol–water partition coefficient (Wildman–Crippen LogP) is 5.21. The Balaban J connectivity index is 0.00000900. The van der Waals surface area contributed by atoms with Crippen LogP contribution in [0.5, 0.6) is 0 Å². The van der Waals surface area contributed by atoms with Gasteiger partial charge in [0.15, 0.2) is 0 Å². The summed E-state index contributed by atoms with van der Waals surface area (Å²) in [5.74, 6) is -38.1. The zero-order chi connectivity index (χ0) is 24.0. The molecule has 0 saturated carbocycles. The number of benzene rings is 1. The molecule has 2 unspecified atom stereocenters. The summed E-state index contributed by atoms with van der Waals surface area (Å²) in [5, 5.41) is 18.7. The summed E-state index contributed by atoms with van der Waals surface area (Å²) in [4.78, 5) is 0. The monoisotopic (exact) mass is 623 g/mol. The third-order valence-corrected chi connectivity index (χ3v) is 4.01. The number of hydrogen-bond acceptors (Lipinski definition) is 2. The topological polar surface area (TPSA) is 40.5 Å². The van der Waals surface area contributed by atoms with Crippen LogP contribution >= 0.6 is 0 Å². The van der Waals surface area contributed by atoms with Crippen molar-refractivity contribution in [2.45, 2.75) is 54.4 Å². The second kappa shape index (κ2) is 9.59. The average molecular weight is 622 g/mol. The number of aliphatic hydroxyl groups excluding tert-OH is 2. The first-order chi connectivity index (χ1) is 13.2. The molecule has 0 aromatic heterocycles. The molecule has 0 fully saturated rings. The molecule has 31 heavy (non-hydrogen) atoms. The maximum atomic E-state index is 13.7. The van der Waals surface area contributed by atoms with Crippen LogP contribution in [0.25, 0.3) is 0 Å². The van der Waals surface area contributed by atoms with E-state index < -0.39 is 54.4 Å². The van der Waals surface area contributed by atoms with E-state index in [9.17, 15) is 62.2 Å². The Labute approximate surface area is 205 Å². The predicted molar refractivity (Wildman–Crippen MR) is 72.8 cm³/mol. The molecule has 0 heterocycles. The Morgan fingerprint density at radius 3 is 1.39 bits per heavy atom. The molecule has 1 rings (SSSR count). The van der Waals surface area contributed by atoms with Crippen molar-refractivity contribution < 1.29 is 117 Å². The summed E-state index contributed by atoms with van der Waals surface area (Å²) in [6, 6.07) is 5.71. The van der Waals surface area contributed by atoms with Gasteiger partial charge in [0.05, 0.1) is 6.10 Å². The molecule has 0 bridgehead atoms. The van der Waals surface area contributed by atoms with Crippen molar-refractivity contribution in [2.75, 3.05) is 0 Å². The van der Waals surface area contributed by atoms with Gasteiger partial charge in [-0.25, -0.2) is 0 Å². The quantitative estimate of drug-likeness (QED) is 0.392. The SMILES string of the molecule is OC(CC(O)C(F)(F)C(F)(F)C(F)(F)C(F)(F)C(F)(F)C(F)(F)F)c1ccccc1.[Eu]. The molecule has 1 radical (unpaired) electrons. The Kier molecular flexibility index (Phi) is 9.53. The number of alkyl halides is 13. The summed E-state index contributed by atoms with van der Waals surface area (Å²) in [7, 11) is 0. The van der Waals surface area contributed by atoms with Gasteiger partial charge in [0, 0.05) is 55.8 Å². The van der Waals surface area contributed by atoms with Crippen molar-refractivity contribution in [3.8, 4) is 0 Å². The maximum Gasteiger partial charge on any atom is 0.460 e. The molecule has 2 nitrogen and oxygen atoms in total. The fourth-order valence-corrected chi connectivity index (χ4v) is 2.16. The van der Waals surface area contributed by atoms with E-state index >= 15 is 0 Å². The van der Waals surface area contributed by atoms with E-state index in [2.05, 4.69) is 0 Å². The first-order valence-corrected chi connectivity index (χ1v) is 7.53. The van der Waals surface area contributed by atoms with E-state index in [4.69, 9.17) is 5.11 Å². The van der Waals surface area contributed by atoms with E-state index in [-0.39, 0.29) is 54.9 Å². The van der Waals surface area contributed by atoms with Crippen LogP contribution in [0.3, 0.4) is 0 Å². The Morgan fingerprint density at radius 1 is 0.613 bits per heavy atom.